The summed E-state index contributed by atoms with van der Waals surface area (Å²) < 4.78 is 51.7. The first-order valence-corrected chi connectivity index (χ1v) is 7.70. The van der Waals surface area contributed by atoms with E-state index in [-0.39, 0.29) is 10.7 Å². The highest BCUT2D eigenvalue weighted by Crippen LogP contribution is 2.36. The second-order valence-electron chi connectivity index (χ2n) is 4.71. The summed E-state index contributed by atoms with van der Waals surface area (Å²) >= 11 is 6.11. The molecule has 0 aromatic heterocycles. The first-order chi connectivity index (χ1) is 11.6. The predicted octanol–water partition coefficient (Wildman–Crippen LogP) is 2.89. The smallest absolute Gasteiger partial charge is 0.417 e. The van der Waals surface area contributed by atoms with Gasteiger partial charge in [-0.2, -0.15) is 18.3 Å². The number of hydrogen-bond donors (Lipinski definition) is 2. The fourth-order valence-corrected chi connectivity index (χ4v) is 2.92. The molecule has 0 radical (unpaired) electrons. The highest BCUT2D eigenvalue weighted by atomic mass is 35.5. The Kier molecular flexibility index (Phi) is 5.68. The van der Waals surface area contributed by atoms with Gasteiger partial charge >= 0.3 is 12.1 Å². The Morgan fingerprint density at radius 2 is 2.12 bits per heavy atom. The van der Waals surface area contributed by atoms with E-state index in [4.69, 9.17) is 16.7 Å². The molecule has 134 valence electrons. The van der Waals surface area contributed by atoms with Gasteiger partial charge < -0.3 is 10.4 Å². The number of carbonyl (C=O) groups excluding carboxylic acids is 1. The van der Waals surface area contributed by atoms with Crippen LogP contribution in [0.5, 0.6) is 0 Å². The molecule has 25 heavy (non-hydrogen) atoms. The third-order valence-electron chi connectivity index (χ3n) is 2.85. The molecule has 2 rings (SSSR count). The average Bonchev–Trinajstić information content (AvgIpc) is 2.80. The largest absolute Gasteiger partial charge is 0.481 e. The summed E-state index contributed by atoms with van der Waals surface area (Å²) in [5, 5.41) is 16.0. The Morgan fingerprint density at radius 1 is 1.44 bits per heavy atom. The zero-order valence-electron chi connectivity index (χ0n) is 12.0. The van der Waals surface area contributed by atoms with E-state index in [9.17, 15) is 27.2 Å². The summed E-state index contributed by atoms with van der Waals surface area (Å²) in [6, 6.07) is 1.34. The SMILES string of the molecule is O=C(O)CC1SC(=NN=Cc2cc(F)c(Cl)c(C(F)(F)F)c2)NC1=O. The number of rotatable bonds is 4. The topological polar surface area (TPSA) is 91.1 Å². The number of thioether (sulfide) groups is 1. The van der Waals surface area contributed by atoms with Gasteiger partial charge in [-0.05, 0) is 17.7 Å². The molecule has 0 saturated carbocycles. The molecule has 1 unspecified atom stereocenters. The number of carbonyl (C=O) groups is 2. The molecular formula is C13H8ClF4N3O3S. The van der Waals surface area contributed by atoms with E-state index in [0.29, 0.717) is 6.07 Å². The van der Waals surface area contributed by atoms with Gasteiger partial charge in [-0.15, -0.1) is 5.10 Å². The number of halogens is 5. The molecule has 1 aromatic carbocycles. The number of benzene rings is 1. The lowest BCUT2D eigenvalue weighted by Crippen LogP contribution is -2.26. The van der Waals surface area contributed by atoms with Gasteiger partial charge in [-0.3, -0.25) is 9.59 Å². The van der Waals surface area contributed by atoms with Crippen LogP contribution >= 0.6 is 23.4 Å². The van der Waals surface area contributed by atoms with Crippen molar-refractivity contribution in [1.82, 2.24) is 5.32 Å². The molecule has 6 nitrogen and oxygen atoms in total. The number of amides is 1. The van der Waals surface area contributed by atoms with Gasteiger partial charge in [0.1, 0.15) is 11.1 Å². The van der Waals surface area contributed by atoms with Crippen LogP contribution in [0.3, 0.4) is 0 Å². The molecule has 1 heterocycles. The van der Waals surface area contributed by atoms with Crippen LogP contribution in [0.15, 0.2) is 22.3 Å². The number of nitrogens with one attached hydrogen (secondary N) is 1. The maximum Gasteiger partial charge on any atom is 0.417 e. The lowest BCUT2D eigenvalue weighted by molar-refractivity contribution is -0.138. The quantitative estimate of drug-likeness (QED) is 0.464. The lowest BCUT2D eigenvalue weighted by atomic mass is 10.1. The van der Waals surface area contributed by atoms with Crippen molar-refractivity contribution in [3.05, 3.63) is 34.1 Å². The Morgan fingerprint density at radius 3 is 2.72 bits per heavy atom. The molecule has 1 fully saturated rings. The number of amidine groups is 1. The summed E-state index contributed by atoms with van der Waals surface area (Å²) in [7, 11) is 0. The minimum atomic E-state index is -4.84. The predicted molar refractivity (Wildman–Crippen MR) is 83.2 cm³/mol. The maximum absolute atomic E-state index is 13.5. The highest BCUT2D eigenvalue weighted by molar-refractivity contribution is 8.15. The number of nitrogens with zero attached hydrogens (tertiary/aromatic N) is 2. The van der Waals surface area contributed by atoms with E-state index in [0.717, 1.165) is 24.0 Å². The summed E-state index contributed by atoms with van der Waals surface area (Å²) in [5.74, 6) is -3.01. The van der Waals surface area contributed by atoms with Crippen LogP contribution in [0, 0.1) is 5.82 Å². The number of alkyl halides is 3. The van der Waals surface area contributed by atoms with Gasteiger partial charge in [-0.1, -0.05) is 23.4 Å². The van der Waals surface area contributed by atoms with Crippen molar-refractivity contribution in [3.8, 4) is 0 Å². The Balaban J connectivity index is 2.17. The molecule has 0 aliphatic carbocycles. The molecule has 12 heteroatoms. The second-order valence-corrected chi connectivity index (χ2v) is 6.27. The van der Waals surface area contributed by atoms with Crippen molar-refractivity contribution in [1.29, 1.82) is 0 Å². The zero-order chi connectivity index (χ0) is 18.8. The van der Waals surface area contributed by atoms with Crippen molar-refractivity contribution in [2.24, 2.45) is 10.2 Å². The molecule has 0 bridgehead atoms. The average molecular weight is 398 g/mol. The number of aliphatic carboxylic acids is 1. The Hall–Kier alpha value is -2.14. The molecule has 1 saturated heterocycles. The van der Waals surface area contributed by atoms with Crippen molar-refractivity contribution in [3.63, 3.8) is 0 Å². The van der Waals surface area contributed by atoms with Crippen molar-refractivity contribution in [2.45, 2.75) is 17.8 Å². The number of carboxylic acid groups (broad SMARTS) is 1. The minimum absolute atomic E-state index is 0.0158. The third-order valence-corrected chi connectivity index (χ3v) is 4.30. The van der Waals surface area contributed by atoms with Crippen LogP contribution in [-0.2, 0) is 15.8 Å². The third kappa shape index (κ3) is 4.92. The normalized spacial score (nSPS) is 19.6. The molecule has 1 aliphatic heterocycles. The zero-order valence-corrected chi connectivity index (χ0v) is 13.5. The molecule has 0 spiro atoms. The van der Waals surface area contributed by atoms with E-state index in [1.54, 1.807) is 0 Å². The van der Waals surface area contributed by atoms with Crippen LogP contribution in [-0.4, -0.2) is 33.6 Å². The van der Waals surface area contributed by atoms with Crippen LogP contribution in [0.2, 0.25) is 5.02 Å². The Bertz CT molecular complexity index is 783. The standard InChI is InChI=1S/C13H8ClF4N3O3S/c14-10-6(13(16,17)18)1-5(2-7(10)15)4-19-21-12-20-11(24)8(25-12)3-9(22)23/h1-2,4,8H,3H2,(H,22,23)(H,20,21,24). The summed E-state index contributed by atoms with van der Waals surface area (Å²) in [6.07, 6.45) is -4.41. The molecule has 1 atom stereocenters. The summed E-state index contributed by atoms with van der Waals surface area (Å²) in [5.41, 5.74) is -1.59. The van der Waals surface area contributed by atoms with Crippen LogP contribution in [0.25, 0.3) is 0 Å². The second kappa shape index (κ2) is 7.40. The van der Waals surface area contributed by atoms with Crippen LogP contribution < -0.4 is 5.32 Å². The van der Waals surface area contributed by atoms with Gasteiger partial charge in [0.2, 0.25) is 5.91 Å². The van der Waals surface area contributed by atoms with Gasteiger partial charge in [0.15, 0.2) is 5.17 Å². The monoisotopic (exact) mass is 397 g/mol. The maximum atomic E-state index is 13.5. The lowest BCUT2D eigenvalue weighted by Gasteiger charge is -2.10. The fourth-order valence-electron chi connectivity index (χ4n) is 1.78. The van der Waals surface area contributed by atoms with Crippen LogP contribution in [0.1, 0.15) is 17.5 Å². The molecule has 2 N–H and O–H groups in total. The van der Waals surface area contributed by atoms with Gasteiger partial charge in [-0.25, -0.2) is 4.39 Å². The number of hydrogen-bond acceptors (Lipinski definition) is 5. The molecule has 1 aromatic rings. The van der Waals surface area contributed by atoms with Crippen molar-refractivity contribution >= 4 is 46.6 Å². The van der Waals surface area contributed by atoms with Gasteiger partial charge in [0.05, 0.1) is 23.2 Å². The van der Waals surface area contributed by atoms with Gasteiger partial charge in [0, 0.05) is 0 Å². The van der Waals surface area contributed by atoms with Crippen molar-refractivity contribution < 1.29 is 32.3 Å². The summed E-state index contributed by atoms with van der Waals surface area (Å²) in [6.45, 7) is 0. The van der Waals surface area contributed by atoms with E-state index in [1.807, 2.05) is 0 Å². The van der Waals surface area contributed by atoms with E-state index < -0.39 is 46.1 Å². The minimum Gasteiger partial charge on any atom is -0.481 e. The molecule has 1 aliphatic rings. The van der Waals surface area contributed by atoms with Crippen molar-refractivity contribution in [2.75, 3.05) is 0 Å². The highest BCUT2D eigenvalue weighted by Gasteiger charge is 2.35. The van der Waals surface area contributed by atoms with E-state index in [2.05, 4.69) is 15.5 Å². The van der Waals surface area contributed by atoms with E-state index in [1.165, 1.54) is 0 Å². The van der Waals surface area contributed by atoms with Gasteiger partial charge in [0.25, 0.3) is 0 Å². The Labute approximate surface area is 146 Å². The summed E-state index contributed by atoms with van der Waals surface area (Å²) in [4.78, 5) is 22.1. The molecular weight excluding hydrogens is 390 g/mol. The fraction of sp³-hybridized carbons (Fsp3) is 0.231. The first kappa shape index (κ1) is 19.2. The van der Waals surface area contributed by atoms with Crippen LogP contribution in [0.4, 0.5) is 17.6 Å². The number of carboxylic acids is 1. The molecule has 1 amide bonds. The first-order valence-electron chi connectivity index (χ1n) is 6.44. The van der Waals surface area contributed by atoms with E-state index >= 15 is 0 Å².